The lowest BCUT2D eigenvalue weighted by molar-refractivity contribution is -0.138. The van der Waals surface area contributed by atoms with Gasteiger partial charge in [0, 0.05) is 29.6 Å². The highest BCUT2D eigenvalue weighted by Gasteiger charge is 2.31. The van der Waals surface area contributed by atoms with Gasteiger partial charge in [-0.25, -0.2) is 0 Å². The molecule has 154 valence electrons. The number of hydrogen-bond acceptors (Lipinski definition) is 4. The molecule has 3 aromatic rings. The first-order valence-electron chi connectivity index (χ1n) is 9.78. The number of anilines is 1. The van der Waals surface area contributed by atoms with Crippen LogP contribution in [0, 0.1) is 11.3 Å². The Labute approximate surface area is 185 Å². The highest BCUT2D eigenvalue weighted by molar-refractivity contribution is 6.31. The van der Waals surface area contributed by atoms with Gasteiger partial charge in [0.05, 0.1) is 11.6 Å². The number of rotatable bonds is 5. The summed E-state index contributed by atoms with van der Waals surface area (Å²) < 4.78 is 0. The van der Waals surface area contributed by atoms with Crippen LogP contribution in [0.2, 0.25) is 5.02 Å². The van der Waals surface area contributed by atoms with Gasteiger partial charge in [0.1, 0.15) is 13.1 Å². The molecule has 7 heteroatoms. The molecule has 4 rings (SSSR count). The smallest absolute Gasteiger partial charge is 0.247 e. The van der Waals surface area contributed by atoms with Crippen LogP contribution in [0.3, 0.4) is 0 Å². The molecule has 1 fully saturated rings. The number of amides is 2. The van der Waals surface area contributed by atoms with E-state index in [1.165, 1.54) is 4.90 Å². The van der Waals surface area contributed by atoms with E-state index >= 15 is 0 Å². The van der Waals surface area contributed by atoms with Gasteiger partial charge in [0.25, 0.3) is 0 Å². The van der Waals surface area contributed by atoms with Crippen molar-refractivity contribution < 1.29 is 9.59 Å². The van der Waals surface area contributed by atoms with Crippen molar-refractivity contribution in [2.45, 2.75) is 13.0 Å². The van der Waals surface area contributed by atoms with E-state index in [0.29, 0.717) is 29.2 Å². The van der Waals surface area contributed by atoms with Crippen molar-refractivity contribution in [1.29, 1.82) is 5.26 Å². The molecule has 6 nitrogen and oxygen atoms in total. The predicted octanol–water partition coefficient (Wildman–Crippen LogP) is 3.57. The molecule has 2 amide bonds. The molecule has 0 atom stereocenters. The Morgan fingerprint density at radius 1 is 1.00 bits per heavy atom. The minimum absolute atomic E-state index is 0.00394. The van der Waals surface area contributed by atoms with E-state index in [4.69, 9.17) is 16.9 Å². The monoisotopic (exact) mass is 430 g/mol. The van der Waals surface area contributed by atoms with E-state index in [9.17, 15) is 9.59 Å². The lowest BCUT2D eigenvalue weighted by atomic mass is 10.0. The van der Waals surface area contributed by atoms with Crippen LogP contribution in [-0.2, 0) is 22.6 Å². The third kappa shape index (κ3) is 4.73. The topological polar surface area (TPSA) is 77.3 Å². The maximum atomic E-state index is 12.8. The molecule has 0 unspecified atom stereocenters. The summed E-state index contributed by atoms with van der Waals surface area (Å²) in [6.07, 6.45) is 4.09. The van der Waals surface area contributed by atoms with Crippen molar-refractivity contribution in [2.24, 2.45) is 0 Å². The largest absolute Gasteiger partial charge is 0.327 e. The van der Waals surface area contributed by atoms with Gasteiger partial charge < -0.3 is 9.80 Å². The van der Waals surface area contributed by atoms with Crippen LogP contribution < -0.4 is 4.90 Å². The molecule has 0 saturated carbocycles. The van der Waals surface area contributed by atoms with Crippen molar-refractivity contribution in [2.75, 3.05) is 18.0 Å². The molecule has 1 aromatic heterocycles. The lowest BCUT2D eigenvalue weighted by Gasteiger charge is -2.34. The van der Waals surface area contributed by atoms with E-state index < -0.39 is 0 Å². The van der Waals surface area contributed by atoms with Crippen molar-refractivity contribution >= 4 is 29.1 Å². The van der Waals surface area contributed by atoms with Crippen molar-refractivity contribution in [3.05, 3.63) is 94.3 Å². The van der Waals surface area contributed by atoms with Crippen LogP contribution >= 0.6 is 11.6 Å². The first-order valence-corrected chi connectivity index (χ1v) is 10.2. The summed E-state index contributed by atoms with van der Waals surface area (Å²) in [6, 6.07) is 18.3. The van der Waals surface area contributed by atoms with Gasteiger partial charge in [-0.2, -0.15) is 5.26 Å². The quantitative estimate of drug-likeness (QED) is 0.620. The van der Waals surface area contributed by atoms with Crippen LogP contribution in [0.15, 0.2) is 67.0 Å². The summed E-state index contributed by atoms with van der Waals surface area (Å²) in [6.45, 7) is 0.321. The average molecular weight is 431 g/mol. The maximum Gasteiger partial charge on any atom is 0.247 e. The minimum Gasteiger partial charge on any atom is -0.327 e. The second-order valence-corrected chi connectivity index (χ2v) is 7.78. The molecular weight excluding hydrogens is 412 g/mol. The highest BCUT2D eigenvalue weighted by Crippen LogP contribution is 2.23. The molecule has 0 aliphatic carbocycles. The molecular formula is C24H19ClN4O2. The van der Waals surface area contributed by atoms with Crippen molar-refractivity contribution in [3.63, 3.8) is 0 Å². The van der Waals surface area contributed by atoms with Crippen molar-refractivity contribution in [3.8, 4) is 6.07 Å². The van der Waals surface area contributed by atoms with Crippen LogP contribution in [0.25, 0.3) is 0 Å². The number of nitrogens with zero attached hydrogens (tertiary/aromatic N) is 4. The normalized spacial score (nSPS) is 13.9. The molecule has 0 spiro atoms. The number of piperazine rings is 1. The Hall–Kier alpha value is -3.69. The molecule has 1 aliphatic rings. The Kier molecular flexibility index (Phi) is 5.96. The summed E-state index contributed by atoms with van der Waals surface area (Å²) in [7, 11) is 0. The number of carbonyl (C=O) groups is 2. The SMILES string of the molecule is N#Cc1ccc(Cc2cnccc2CN2CC(=O)N(c3cccc(Cl)c3)CC2=O)cc1. The molecule has 0 radical (unpaired) electrons. The highest BCUT2D eigenvalue weighted by atomic mass is 35.5. The molecule has 1 aliphatic heterocycles. The summed E-state index contributed by atoms with van der Waals surface area (Å²) in [5, 5.41) is 9.48. The van der Waals surface area contributed by atoms with Crippen LogP contribution in [-0.4, -0.2) is 34.8 Å². The predicted molar refractivity (Wildman–Crippen MR) is 117 cm³/mol. The fourth-order valence-corrected chi connectivity index (χ4v) is 3.76. The zero-order valence-electron chi connectivity index (χ0n) is 16.7. The third-order valence-corrected chi connectivity index (χ3v) is 5.47. The molecule has 1 saturated heterocycles. The standard InChI is InChI=1S/C24H19ClN4O2/c25-21-2-1-3-22(11-21)29-16-23(30)28(15-24(29)31)14-19-8-9-27-13-20(19)10-17-4-6-18(12-26)7-5-17/h1-9,11,13H,10,14-16H2. The average Bonchev–Trinajstić information content (AvgIpc) is 2.78. The summed E-state index contributed by atoms with van der Waals surface area (Å²) in [5.74, 6) is -0.273. The summed E-state index contributed by atoms with van der Waals surface area (Å²) >= 11 is 6.03. The Balaban J connectivity index is 1.49. The summed E-state index contributed by atoms with van der Waals surface area (Å²) in [5.41, 5.74) is 4.19. The fraction of sp³-hybridized carbons (Fsp3) is 0.167. The maximum absolute atomic E-state index is 12.8. The Bertz CT molecular complexity index is 1170. The Morgan fingerprint density at radius 3 is 2.55 bits per heavy atom. The molecule has 0 bridgehead atoms. The van der Waals surface area contributed by atoms with Crippen molar-refractivity contribution in [1.82, 2.24) is 9.88 Å². The number of carbonyl (C=O) groups excluding carboxylic acids is 2. The van der Waals surface area contributed by atoms with E-state index in [2.05, 4.69) is 11.1 Å². The van der Waals surface area contributed by atoms with E-state index in [0.717, 1.165) is 16.7 Å². The summed E-state index contributed by atoms with van der Waals surface area (Å²) in [4.78, 5) is 32.8. The second kappa shape index (κ2) is 8.99. The first kappa shape index (κ1) is 20.6. The molecule has 2 heterocycles. The number of halogens is 1. The number of hydrogen-bond donors (Lipinski definition) is 0. The zero-order valence-corrected chi connectivity index (χ0v) is 17.4. The third-order valence-electron chi connectivity index (χ3n) is 5.24. The number of nitriles is 1. The van der Waals surface area contributed by atoms with Gasteiger partial charge in [0.15, 0.2) is 0 Å². The molecule has 2 aromatic carbocycles. The zero-order chi connectivity index (χ0) is 21.8. The van der Waals surface area contributed by atoms with E-state index in [1.807, 2.05) is 18.2 Å². The molecule has 31 heavy (non-hydrogen) atoms. The van der Waals surface area contributed by atoms with Gasteiger partial charge in [-0.1, -0.05) is 29.8 Å². The van der Waals surface area contributed by atoms with Gasteiger partial charge >= 0.3 is 0 Å². The van der Waals surface area contributed by atoms with Gasteiger partial charge in [-0.15, -0.1) is 0 Å². The fourth-order valence-electron chi connectivity index (χ4n) is 3.58. The van der Waals surface area contributed by atoms with Crippen LogP contribution in [0.1, 0.15) is 22.3 Å². The number of benzene rings is 2. The number of pyridine rings is 1. The van der Waals surface area contributed by atoms with E-state index in [1.54, 1.807) is 53.7 Å². The van der Waals surface area contributed by atoms with Gasteiger partial charge in [-0.3, -0.25) is 14.6 Å². The Morgan fingerprint density at radius 2 is 1.81 bits per heavy atom. The van der Waals surface area contributed by atoms with Gasteiger partial charge in [-0.05, 0) is 59.5 Å². The molecule has 0 N–H and O–H groups in total. The minimum atomic E-state index is -0.149. The lowest BCUT2D eigenvalue weighted by Crippen LogP contribution is -2.53. The first-order chi connectivity index (χ1) is 15.0. The van der Waals surface area contributed by atoms with Gasteiger partial charge in [0.2, 0.25) is 11.8 Å². The van der Waals surface area contributed by atoms with Crippen LogP contribution in [0.4, 0.5) is 5.69 Å². The second-order valence-electron chi connectivity index (χ2n) is 7.34. The van der Waals surface area contributed by atoms with E-state index in [-0.39, 0.29) is 24.9 Å². The van der Waals surface area contributed by atoms with Crippen LogP contribution in [0.5, 0.6) is 0 Å². The number of aromatic nitrogens is 1.